The van der Waals surface area contributed by atoms with E-state index < -0.39 is 0 Å². The quantitative estimate of drug-likeness (QED) is 0.641. The van der Waals surface area contributed by atoms with Crippen molar-refractivity contribution in [3.8, 4) is 0 Å². The van der Waals surface area contributed by atoms with Gasteiger partial charge >= 0.3 is 0 Å². The molecule has 0 saturated carbocycles. The van der Waals surface area contributed by atoms with Gasteiger partial charge < -0.3 is 0 Å². The lowest BCUT2D eigenvalue weighted by Crippen LogP contribution is -2.45. The second-order valence-corrected chi connectivity index (χ2v) is 5.08. The molecular formula is C15H13ClN2O. The molecule has 1 heterocycles. The first-order chi connectivity index (χ1) is 9.16. The molecule has 3 nitrogen and oxygen atoms in total. The molecule has 1 atom stereocenters. The van der Waals surface area contributed by atoms with Gasteiger partial charge in [0, 0.05) is 10.6 Å². The maximum atomic E-state index is 12.2. The summed E-state index contributed by atoms with van der Waals surface area (Å²) in [7, 11) is 0. The molecule has 0 saturated heterocycles. The van der Waals surface area contributed by atoms with E-state index in [1.165, 1.54) is 5.01 Å². The van der Waals surface area contributed by atoms with E-state index in [0.717, 1.165) is 17.5 Å². The average Bonchev–Trinajstić information content (AvgIpc) is 2.44. The van der Waals surface area contributed by atoms with Gasteiger partial charge in [-0.2, -0.15) is 0 Å². The number of nitrogens with two attached hydrogens (primary N) is 1. The Balaban J connectivity index is 2.01. The molecule has 0 radical (unpaired) electrons. The second-order valence-electron chi connectivity index (χ2n) is 4.64. The minimum atomic E-state index is -0.139. The van der Waals surface area contributed by atoms with Gasteiger partial charge in [0.15, 0.2) is 0 Å². The SMILES string of the molecule is NN1C(=O)c2ccccc2CC1c1ccc(Cl)cc1. The van der Waals surface area contributed by atoms with Crippen molar-refractivity contribution in [1.29, 1.82) is 0 Å². The number of amides is 1. The lowest BCUT2D eigenvalue weighted by Gasteiger charge is -2.33. The van der Waals surface area contributed by atoms with Crippen LogP contribution in [0.2, 0.25) is 5.02 Å². The molecule has 96 valence electrons. The van der Waals surface area contributed by atoms with Crippen LogP contribution in [-0.2, 0) is 6.42 Å². The zero-order valence-corrected chi connectivity index (χ0v) is 11.0. The van der Waals surface area contributed by atoms with Crippen molar-refractivity contribution >= 4 is 17.5 Å². The van der Waals surface area contributed by atoms with E-state index in [0.29, 0.717) is 10.6 Å². The molecule has 2 N–H and O–H groups in total. The van der Waals surface area contributed by atoms with E-state index in [-0.39, 0.29) is 11.9 Å². The van der Waals surface area contributed by atoms with Gasteiger partial charge in [-0.1, -0.05) is 41.9 Å². The Morgan fingerprint density at radius 2 is 1.79 bits per heavy atom. The Morgan fingerprint density at radius 3 is 2.53 bits per heavy atom. The van der Waals surface area contributed by atoms with Crippen LogP contribution in [-0.4, -0.2) is 10.9 Å². The molecule has 0 bridgehead atoms. The molecule has 1 aliphatic rings. The fourth-order valence-electron chi connectivity index (χ4n) is 2.46. The summed E-state index contributed by atoms with van der Waals surface area (Å²) < 4.78 is 0. The van der Waals surface area contributed by atoms with Gasteiger partial charge in [-0.3, -0.25) is 9.80 Å². The molecular weight excluding hydrogens is 260 g/mol. The highest BCUT2D eigenvalue weighted by molar-refractivity contribution is 6.30. The van der Waals surface area contributed by atoms with Crippen LogP contribution in [0.3, 0.4) is 0 Å². The lowest BCUT2D eigenvalue weighted by atomic mass is 9.91. The van der Waals surface area contributed by atoms with E-state index in [2.05, 4.69) is 0 Å². The highest BCUT2D eigenvalue weighted by Gasteiger charge is 2.30. The molecule has 3 rings (SSSR count). The van der Waals surface area contributed by atoms with Crippen molar-refractivity contribution in [2.75, 3.05) is 0 Å². The third-order valence-electron chi connectivity index (χ3n) is 3.49. The molecule has 0 aliphatic carbocycles. The van der Waals surface area contributed by atoms with E-state index in [9.17, 15) is 4.79 Å². The fraction of sp³-hybridized carbons (Fsp3) is 0.133. The summed E-state index contributed by atoms with van der Waals surface area (Å²) in [4.78, 5) is 12.2. The van der Waals surface area contributed by atoms with E-state index >= 15 is 0 Å². The van der Waals surface area contributed by atoms with Crippen LogP contribution in [0.5, 0.6) is 0 Å². The Labute approximate surface area is 116 Å². The van der Waals surface area contributed by atoms with Gasteiger partial charge in [-0.05, 0) is 35.7 Å². The van der Waals surface area contributed by atoms with Crippen LogP contribution in [0.1, 0.15) is 27.5 Å². The first-order valence-electron chi connectivity index (χ1n) is 6.08. The number of carbonyl (C=O) groups excluding carboxylic acids is 1. The highest BCUT2D eigenvalue weighted by Crippen LogP contribution is 2.31. The lowest BCUT2D eigenvalue weighted by molar-refractivity contribution is 0.0647. The van der Waals surface area contributed by atoms with E-state index in [4.69, 9.17) is 17.4 Å². The largest absolute Gasteiger partial charge is 0.269 e. The minimum Gasteiger partial charge on any atom is -0.269 e. The first kappa shape index (κ1) is 12.2. The number of carbonyl (C=O) groups is 1. The monoisotopic (exact) mass is 272 g/mol. The summed E-state index contributed by atoms with van der Waals surface area (Å²) in [5, 5.41) is 1.99. The molecule has 1 amide bonds. The van der Waals surface area contributed by atoms with Gasteiger partial charge in [0.2, 0.25) is 0 Å². The van der Waals surface area contributed by atoms with Crippen LogP contribution in [0.4, 0.5) is 0 Å². The standard InChI is InChI=1S/C15H13ClN2O/c16-12-7-5-10(6-8-12)14-9-11-3-1-2-4-13(11)15(19)18(14)17/h1-8,14H,9,17H2. The number of hydrogen-bond donors (Lipinski definition) is 1. The molecule has 1 unspecified atom stereocenters. The topological polar surface area (TPSA) is 46.3 Å². The number of nitrogens with zero attached hydrogens (tertiary/aromatic N) is 1. The fourth-order valence-corrected chi connectivity index (χ4v) is 2.58. The summed E-state index contributed by atoms with van der Waals surface area (Å²) in [5.74, 6) is 5.82. The summed E-state index contributed by atoms with van der Waals surface area (Å²) in [5.41, 5.74) is 2.72. The van der Waals surface area contributed by atoms with Crippen molar-refractivity contribution in [2.24, 2.45) is 5.84 Å². The molecule has 4 heteroatoms. The molecule has 0 aromatic heterocycles. The van der Waals surface area contributed by atoms with Gasteiger partial charge in [-0.15, -0.1) is 0 Å². The summed E-state index contributed by atoms with van der Waals surface area (Å²) in [6, 6.07) is 14.9. The maximum Gasteiger partial charge on any atom is 0.268 e. The zero-order valence-electron chi connectivity index (χ0n) is 10.2. The number of benzene rings is 2. The third kappa shape index (κ3) is 2.11. The molecule has 0 spiro atoms. The zero-order chi connectivity index (χ0) is 13.4. The maximum absolute atomic E-state index is 12.2. The molecule has 1 aliphatic heterocycles. The predicted molar refractivity (Wildman–Crippen MR) is 74.7 cm³/mol. The number of fused-ring (bicyclic) bond motifs is 1. The third-order valence-corrected chi connectivity index (χ3v) is 3.74. The Kier molecular flexibility index (Phi) is 3.01. The van der Waals surface area contributed by atoms with Crippen molar-refractivity contribution in [2.45, 2.75) is 12.5 Å². The van der Waals surface area contributed by atoms with Crippen LogP contribution < -0.4 is 5.84 Å². The van der Waals surface area contributed by atoms with Crippen molar-refractivity contribution in [3.05, 3.63) is 70.2 Å². The number of hydrazine groups is 1. The van der Waals surface area contributed by atoms with Crippen LogP contribution >= 0.6 is 11.6 Å². The van der Waals surface area contributed by atoms with Gasteiger partial charge in [0.25, 0.3) is 5.91 Å². The van der Waals surface area contributed by atoms with Gasteiger partial charge in [0.1, 0.15) is 0 Å². The summed E-state index contributed by atoms with van der Waals surface area (Å²) in [6.07, 6.45) is 0.722. The molecule has 19 heavy (non-hydrogen) atoms. The Bertz CT molecular complexity index is 624. The average molecular weight is 273 g/mol. The smallest absolute Gasteiger partial charge is 0.268 e. The number of rotatable bonds is 1. The van der Waals surface area contributed by atoms with Gasteiger partial charge in [-0.25, -0.2) is 5.84 Å². The Hall–Kier alpha value is -1.84. The molecule has 2 aromatic rings. The van der Waals surface area contributed by atoms with Crippen molar-refractivity contribution in [3.63, 3.8) is 0 Å². The predicted octanol–water partition coefficient (Wildman–Crippen LogP) is 2.95. The van der Waals surface area contributed by atoms with Crippen LogP contribution in [0, 0.1) is 0 Å². The Morgan fingerprint density at radius 1 is 1.11 bits per heavy atom. The highest BCUT2D eigenvalue weighted by atomic mass is 35.5. The number of hydrogen-bond acceptors (Lipinski definition) is 2. The van der Waals surface area contributed by atoms with Crippen LogP contribution in [0.25, 0.3) is 0 Å². The van der Waals surface area contributed by atoms with E-state index in [1.807, 2.05) is 48.5 Å². The van der Waals surface area contributed by atoms with Gasteiger partial charge in [0.05, 0.1) is 6.04 Å². The summed E-state index contributed by atoms with van der Waals surface area (Å²) in [6.45, 7) is 0. The van der Waals surface area contributed by atoms with Crippen LogP contribution in [0.15, 0.2) is 48.5 Å². The van der Waals surface area contributed by atoms with Crippen molar-refractivity contribution < 1.29 is 4.79 Å². The van der Waals surface area contributed by atoms with E-state index in [1.54, 1.807) is 0 Å². The van der Waals surface area contributed by atoms with Crippen molar-refractivity contribution in [1.82, 2.24) is 5.01 Å². The minimum absolute atomic E-state index is 0.137. The second kappa shape index (κ2) is 4.68. The number of halogens is 1. The molecule has 0 fully saturated rings. The normalized spacial score (nSPS) is 18.3. The first-order valence-corrected chi connectivity index (χ1v) is 6.46. The summed E-state index contributed by atoms with van der Waals surface area (Å²) >= 11 is 5.88. The molecule has 2 aromatic carbocycles.